The maximum atomic E-state index is 4.59. The standard InChI is InChI=1S/C17H23N5/c1-10(2)8-21-14(6)13(5)15-16(21)18-9-19-17(15)22-12(4)7-11(3)20-22/h7,9-10H,8H2,1-6H3. The Balaban J connectivity index is 2.32. The van der Waals surface area contributed by atoms with Gasteiger partial charge in [0.1, 0.15) is 12.0 Å². The van der Waals surface area contributed by atoms with Gasteiger partial charge in [0, 0.05) is 17.9 Å². The molecule has 5 nitrogen and oxygen atoms in total. The second-order valence-corrected chi connectivity index (χ2v) is 6.45. The molecule has 0 bridgehead atoms. The van der Waals surface area contributed by atoms with Gasteiger partial charge in [-0.2, -0.15) is 5.10 Å². The molecule has 0 aliphatic carbocycles. The van der Waals surface area contributed by atoms with E-state index in [9.17, 15) is 0 Å². The average Bonchev–Trinajstić information content (AvgIpc) is 2.91. The Morgan fingerprint density at radius 1 is 1.09 bits per heavy atom. The Hall–Kier alpha value is -2.17. The van der Waals surface area contributed by atoms with Crippen molar-refractivity contribution in [1.29, 1.82) is 0 Å². The molecule has 0 aliphatic rings. The third kappa shape index (κ3) is 2.21. The summed E-state index contributed by atoms with van der Waals surface area (Å²) < 4.78 is 4.22. The molecule has 0 radical (unpaired) electrons. The van der Waals surface area contributed by atoms with E-state index in [0.717, 1.165) is 34.8 Å². The van der Waals surface area contributed by atoms with Gasteiger partial charge in [-0.25, -0.2) is 14.6 Å². The van der Waals surface area contributed by atoms with Crippen LogP contribution in [-0.2, 0) is 6.54 Å². The summed E-state index contributed by atoms with van der Waals surface area (Å²) in [5.41, 5.74) is 5.58. The quantitative estimate of drug-likeness (QED) is 0.743. The summed E-state index contributed by atoms with van der Waals surface area (Å²) in [4.78, 5) is 9.07. The number of aromatic nitrogens is 5. The summed E-state index contributed by atoms with van der Waals surface area (Å²) in [6.07, 6.45) is 1.64. The molecular weight excluding hydrogens is 274 g/mol. The first-order valence-corrected chi connectivity index (χ1v) is 7.74. The summed E-state index contributed by atoms with van der Waals surface area (Å²) in [5.74, 6) is 1.44. The molecule has 0 spiro atoms. The van der Waals surface area contributed by atoms with E-state index in [2.05, 4.69) is 60.3 Å². The van der Waals surface area contributed by atoms with Crippen molar-refractivity contribution < 1.29 is 0 Å². The fourth-order valence-corrected chi connectivity index (χ4v) is 3.04. The smallest absolute Gasteiger partial charge is 0.166 e. The highest BCUT2D eigenvalue weighted by molar-refractivity contribution is 5.88. The zero-order chi connectivity index (χ0) is 16.0. The van der Waals surface area contributed by atoms with E-state index in [-0.39, 0.29) is 0 Å². The highest BCUT2D eigenvalue weighted by Gasteiger charge is 2.19. The van der Waals surface area contributed by atoms with Crippen LogP contribution in [0.5, 0.6) is 0 Å². The van der Waals surface area contributed by atoms with Gasteiger partial charge in [-0.3, -0.25) is 0 Å². The molecule has 0 saturated heterocycles. The molecule has 22 heavy (non-hydrogen) atoms. The Kier molecular flexibility index (Phi) is 3.51. The molecule has 0 unspecified atom stereocenters. The van der Waals surface area contributed by atoms with Crippen LogP contribution >= 0.6 is 0 Å². The molecule has 0 aliphatic heterocycles. The lowest BCUT2D eigenvalue weighted by Crippen LogP contribution is -2.08. The third-order valence-corrected chi connectivity index (χ3v) is 4.14. The Morgan fingerprint density at radius 2 is 1.82 bits per heavy atom. The van der Waals surface area contributed by atoms with E-state index in [4.69, 9.17) is 0 Å². The van der Waals surface area contributed by atoms with E-state index in [1.165, 1.54) is 11.3 Å². The Morgan fingerprint density at radius 3 is 2.41 bits per heavy atom. The van der Waals surface area contributed by atoms with Gasteiger partial charge in [0.15, 0.2) is 5.82 Å². The van der Waals surface area contributed by atoms with Crippen LogP contribution in [0.1, 0.15) is 36.5 Å². The first-order chi connectivity index (χ1) is 10.4. The zero-order valence-corrected chi connectivity index (χ0v) is 14.2. The van der Waals surface area contributed by atoms with Crippen molar-refractivity contribution in [3.63, 3.8) is 0 Å². The molecule has 0 atom stereocenters. The average molecular weight is 297 g/mol. The highest BCUT2D eigenvalue weighted by Crippen LogP contribution is 2.28. The van der Waals surface area contributed by atoms with Gasteiger partial charge < -0.3 is 4.57 Å². The van der Waals surface area contributed by atoms with Crippen LogP contribution in [0, 0.1) is 33.6 Å². The van der Waals surface area contributed by atoms with Crippen molar-refractivity contribution in [3.8, 4) is 5.82 Å². The monoisotopic (exact) mass is 297 g/mol. The molecule has 0 amide bonds. The number of nitrogens with zero attached hydrogens (tertiary/aromatic N) is 5. The van der Waals surface area contributed by atoms with E-state index < -0.39 is 0 Å². The summed E-state index contributed by atoms with van der Waals surface area (Å²) in [5, 5.41) is 5.69. The Labute approximate surface area is 131 Å². The van der Waals surface area contributed by atoms with Crippen LogP contribution in [0.4, 0.5) is 0 Å². The minimum atomic E-state index is 0.570. The number of hydrogen-bond acceptors (Lipinski definition) is 3. The number of hydrogen-bond donors (Lipinski definition) is 0. The van der Waals surface area contributed by atoms with Crippen molar-refractivity contribution >= 4 is 11.0 Å². The molecule has 5 heteroatoms. The molecule has 3 aromatic heterocycles. The van der Waals surface area contributed by atoms with E-state index in [1.807, 2.05) is 11.6 Å². The number of fused-ring (bicyclic) bond motifs is 1. The van der Waals surface area contributed by atoms with E-state index in [1.54, 1.807) is 6.33 Å². The number of rotatable bonds is 3. The summed E-state index contributed by atoms with van der Waals surface area (Å²) in [6, 6.07) is 2.07. The second-order valence-electron chi connectivity index (χ2n) is 6.45. The molecule has 0 fully saturated rings. The molecular formula is C17H23N5. The third-order valence-electron chi connectivity index (χ3n) is 4.14. The molecule has 0 saturated carbocycles. The van der Waals surface area contributed by atoms with Crippen LogP contribution in [-0.4, -0.2) is 24.3 Å². The normalized spacial score (nSPS) is 11.8. The molecule has 0 N–H and O–H groups in total. The molecule has 116 valence electrons. The van der Waals surface area contributed by atoms with Crippen LogP contribution in [0.15, 0.2) is 12.4 Å². The van der Waals surface area contributed by atoms with Gasteiger partial charge in [0.05, 0.1) is 11.1 Å². The summed E-state index contributed by atoms with van der Waals surface area (Å²) in [6.45, 7) is 13.8. The minimum absolute atomic E-state index is 0.570. The first-order valence-electron chi connectivity index (χ1n) is 7.74. The minimum Gasteiger partial charge on any atom is -0.329 e. The van der Waals surface area contributed by atoms with Crippen LogP contribution in [0.25, 0.3) is 16.9 Å². The topological polar surface area (TPSA) is 48.5 Å². The molecule has 3 heterocycles. The zero-order valence-electron chi connectivity index (χ0n) is 14.2. The van der Waals surface area contributed by atoms with Crippen LogP contribution < -0.4 is 0 Å². The maximum Gasteiger partial charge on any atom is 0.166 e. The first kappa shape index (κ1) is 14.8. The molecule has 3 aromatic rings. The van der Waals surface area contributed by atoms with Gasteiger partial charge in [-0.1, -0.05) is 13.8 Å². The van der Waals surface area contributed by atoms with Crippen molar-refractivity contribution in [2.45, 2.75) is 48.1 Å². The van der Waals surface area contributed by atoms with Gasteiger partial charge in [0.2, 0.25) is 0 Å². The predicted octanol–water partition coefficient (Wildman–Crippen LogP) is 3.51. The van der Waals surface area contributed by atoms with Crippen molar-refractivity contribution in [1.82, 2.24) is 24.3 Å². The lowest BCUT2D eigenvalue weighted by atomic mass is 10.2. The van der Waals surface area contributed by atoms with Crippen molar-refractivity contribution in [3.05, 3.63) is 35.0 Å². The Bertz CT molecular complexity index is 838. The van der Waals surface area contributed by atoms with E-state index >= 15 is 0 Å². The van der Waals surface area contributed by atoms with Gasteiger partial charge in [-0.05, 0) is 45.2 Å². The van der Waals surface area contributed by atoms with Crippen molar-refractivity contribution in [2.75, 3.05) is 0 Å². The lowest BCUT2D eigenvalue weighted by molar-refractivity contribution is 0.524. The lowest BCUT2D eigenvalue weighted by Gasteiger charge is -2.10. The van der Waals surface area contributed by atoms with Gasteiger partial charge in [0.25, 0.3) is 0 Å². The van der Waals surface area contributed by atoms with Crippen LogP contribution in [0.2, 0.25) is 0 Å². The predicted molar refractivity (Wildman–Crippen MR) is 88.4 cm³/mol. The summed E-state index contributed by atoms with van der Waals surface area (Å²) >= 11 is 0. The largest absolute Gasteiger partial charge is 0.329 e. The van der Waals surface area contributed by atoms with E-state index in [0.29, 0.717) is 5.92 Å². The molecule has 0 aromatic carbocycles. The van der Waals surface area contributed by atoms with Crippen molar-refractivity contribution in [2.24, 2.45) is 5.92 Å². The highest BCUT2D eigenvalue weighted by atomic mass is 15.3. The second kappa shape index (κ2) is 5.23. The fourth-order valence-electron chi connectivity index (χ4n) is 3.04. The molecule has 3 rings (SSSR count). The van der Waals surface area contributed by atoms with Crippen LogP contribution in [0.3, 0.4) is 0 Å². The fraction of sp³-hybridized carbons (Fsp3) is 0.471. The van der Waals surface area contributed by atoms with Gasteiger partial charge >= 0.3 is 0 Å². The number of aryl methyl sites for hydroxylation is 3. The SMILES string of the molecule is Cc1cc(C)n(-c2ncnc3c2c(C)c(C)n3CC(C)C)n1. The summed E-state index contributed by atoms with van der Waals surface area (Å²) in [7, 11) is 0. The maximum absolute atomic E-state index is 4.59. The van der Waals surface area contributed by atoms with Gasteiger partial charge in [-0.15, -0.1) is 0 Å².